The van der Waals surface area contributed by atoms with Crippen LogP contribution in [0, 0.1) is 0 Å². The maximum atomic E-state index is 12.7. The molecule has 0 saturated carbocycles. The predicted molar refractivity (Wildman–Crippen MR) is 139 cm³/mol. The third kappa shape index (κ3) is 5.22. The molecule has 166 valence electrons. The first-order valence-corrected chi connectivity index (χ1v) is 15.5. The fraction of sp³-hybridized carbons (Fsp3) is 0.143. The van der Waals surface area contributed by atoms with Gasteiger partial charge in [-0.1, -0.05) is 23.2 Å². The van der Waals surface area contributed by atoms with E-state index in [1.54, 1.807) is 0 Å². The number of phenols is 2. The van der Waals surface area contributed by atoms with Gasteiger partial charge in [0.2, 0.25) is 22.6 Å². The second-order valence-electron chi connectivity index (χ2n) is 5.50. The minimum absolute atomic E-state index is 0.265. The van der Waals surface area contributed by atoms with Crippen molar-refractivity contribution in [2.75, 3.05) is 0 Å². The van der Waals surface area contributed by atoms with Crippen molar-refractivity contribution >= 4 is 138 Å². The van der Waals surface area contributed by atoms with Crippen molar-refractivity contribution in [3.63, 3.8) is 0 Å². The average Bonchev–Trinajstić information content (AvgIpc) is 2.57. The first kappa shape index (κ1) is 27.6. The third-order valence-electron chi connectivity index (χ3n) is 3.59. The lowest BCUT2D eigenvalue weighted by Gasteiger charge is -2.18. The monoisotopic (exact) mass is 877 g/mol. The molecule has 0 fully saturated rings. The van der Waals surface area contributed by atoms with Gasteiger partial charge in [0.1, 0.15) is 11.5 Å². The fourth-order valence-electron chi connectivity index (χ4n) is 2.14. The maximum Gasteiger partial charge on any atom is 0.239 e. The van der Waals surface area contributed by atoms with Crippen LogP contribution in [0.1, 0.15) is 0 Å². The summed E-state index contributed by atoms with van der Waals surface area (Å²) >= 11 is 29.5. The average molecular weight is 885 g/mol. The van der Waals surface area contributed by atoms with Gasteiger partial charge in [-0.25, -0.2) is 16.8 Å². The Balaban J connectivity index is 2.92. The summed E-state index contributed by atoms with van der Waals surface area (Å²) in [6.07, 6.45) is 0. The molecule has 0 aliphatic heterocycles. The van der Waals surface area contributed by atoms with E-state index < -0.39 is 34.1 Å². The molecule has 0 heterocycles. The largest absolute Gasteiger partial charge is 0.506 e. The van der Waals surface area contributed by atoms with E-state index in [1.807, 2.05) is 0 Å². The molecule has 30 heavy (non-hydrogen) atoms. The summed E-state index contributed by atoms with van der Waals surface area (Å²) in [4.78, 5) is -0.712. The van der Waals surface area contributed by atoms with Crippen LogP contribution in [-0.2, 0) is 19.7 Å². The number of hydrogen-bond donors (Lipinski definition) is 2. The van der Waals surface area contributed by atoms with Crippen molar-refractivity contribution in [2.24, 2.45) is 0 Å². The minimum Gasteiger partial charge on any atom is -0.506 e. The molecule has 6 nitrogen and oxygen atoms in total. The second-order valence-corrected chi connectivity index (χ2v) is 27.2. The molecule has 0 amide bonds. The molecule has 2 N–H and O–H groups in total. The SMILES string of the molecule is O=S(=O)(c1cc(Cl)c(O)c(-c2cc(S(=O)(=O)C(Br)(Br)Br)cc(Cl)c2O)c1)C(Br)(Br)Br. The van der Waals surface area contributed by atoms with Gasteiger partial charge in [-0.05, 0) is 120 Å². The van der Waals surface area contributed by atoms with Gasteiger partial charge in [0.05, 0.1) is 19.8 Å². The summed E-state index contributed by atoms with van der Waals surface area (Å²) in [7, 11) is -8.26. The summed E-state index contributed by atoms with van der Waals surface area (Å²) in [6.45, 7) is 0. The van der Waals surface area contributed by atoms with Gasteiger partial charge in [-0.15, -0.1) is 0 Å². The lowest BCUT2D eigenvalue weighted by Crippen LogP contribution is -2.18. The van der Waals surface area contributed by atoms with Crippen LogP contribution in [0.25, 0.3) is 11.1 Å². The zero-order valence-electron chi connectivity index (χ0n) is 13.7. The highest BCUT2D eigenvalue weighted by Crippen LogP contribution is 2.50. The van der Waals surface area contributed by atoms with Gasteiger partial charge in [-0.3, -0.25) is 0 Å². The topological polar surface area (TPSA) is 109 Å². The number of benzene rings is 2. The molecule has 0 atom stereocenters. The fourth-order valence-corrected chi connectivity index (χ4v) is 7.70. The van der Waals surface area contributed by atoms with E-state index in [0.717, 1.165) is 24.3 Å². The highest BCUT2D eigenvalue weighted by atomic mass is 80.0. The smallest absolute Gasteiger partial charge is 0.239 e. The Kier molecular flexibility index (Phi) is 8.49. The molecule has 0 unspecified atom stereocenters. The van der Waals surface area contributed by atoms with E-state index in [2.05, 4.69) is 95.6 Å². The van der Waals surface area contributed by atoms with Gasteiger partial charge in [-0.2, -0.15) is 0 Å². The van der Waals surface area contributed by atoms with E-state index in [-0.39, 0.29) is 31.0 Å². The Bertz CT molecular complexity index is 1140. The Labute approximate surface area is 232 Å². The minimum atomic E-state index is -4.13. The van der Waals surface area contributed by atoms with Gasteiger partial charge < -0.3 is 10.2 Å². The number of hydrogen-bond acceptors (Lipinski definition) is 6. The van der Waals surface area contributed by atoms with Crippen LogP contribution in [0.2, 0.25) is 10.0 Å². The van der Waals surface area contributed by atoms with Crippen LogP contribution in [0.3, 0.4) is 0 Å². The molecule has 2 rings (SSSR count). The lowest BCUT2D eigenvalue weighted by molar-refractivity contribution is 0.468. The maximum absolute atomic E-state index is 12.7. The number of aromatic hydroxyl groups is 2. The molecule has 2 aromatic carbocycles. The van der Waals surface area contributed by atoms with Crippen LogP contribution in [-0.4, -0.2) is 30.0 Å². The summed E-state index contributed by atoms with van der Waals surface area (Å²) in [5, 5.41) is 20.1. The summed E-state index contributed by atoms with van der Waals surface area (Å²) in [5.41, 5.74) is -0.530. The lowest BCUT2D eigenvalue weighted by atomic mass is 10.0. The standard InChI is InChI=1S/C14H6Br6Cl2O6S2/c15-13(16,17)29(25,26)5-1-7(11(23)9(21)3-5)8-2-6(4-10(22)12(8)24)30(27,28)14(18,19)20/h1-4,23-24H. The van der Waals surface area contributed by atoms with Crippen LogP contribution in [0.4, 0.5) is 0 Å². The first-order valence-electron chi connectivity index (χ1n) is 7.00. The highest BCUT2D eigenvalue weighted by Gasteiger charge is 2.40. The summed E-state index contributed by atoms with van der Waals surface area (Å²) < 4.78 is 47.4. The Morgan fingerprint density at radius 2 is 0.900 bits per heavy atom. The zero-order chi connectivity index (χ0) is 23.4. The van der Waals surface area contributed by atoms with E-state index >= 15 is 0 Å². The second kappa shape index (κ2) is 9.21. The number of sulfone groups is 2. The van der Waals surface area contributed by atoms with Gasteiger partial charge in [0.15, 0.2) is 0 Å². The Morgan fingerprint density at radius 3 is 1.13 bits per heavy atom. The molecule has 2 aromatic rings. The van der Waals surface area contributed by atoms with Gasteiger partial charge in [0.25, 0.3) is 0 Å². The van der Waals surface area contributed by atoms with Crippen molar-refractivity contribution in [1.29, 1.82) is 0 Å². The highest BCUT2D eigenvalue weighted by molar-refractivity contribution is 9.42. The molecule has 0 bridgehead atoms. The van der Waals surface area contributed by atoms with E-state index in [4.69, 9.17) is 23.2 Å². The summed E-state index contributed by atoms with van der Waals surface area (Å²) in [5.74, 6) is -1.19. The molecular formula is C14H6Br6Cl2O6S2. The molecule has 0 aromatic heterocycles. The normalized spacial score (nSPS) is 13.5. The van der Waals surface area contributed by atoms with Gasteiger partial charge >= 0.3 is 0 Å². The first-order chi connectivity index (χ1) is 13.3. The van der Waals surface area contributed by atoms with E-state index in [1.165, 1.54) is 0 Å². The molecule has 0 radical (unpaired) electrons. The van der Waals surface area contributed by atoms with Gasteiger partial charge in [0, 0.05) is 11.1 Å². The molecule has 0 aliphatic carbocycles. The Hall–Kier alpha value is 1.40. The van der Waals surface area contributed by atoms with Crippen molar-refractivity contribution in [3.05, 3.63) is 34.3 Å². The third-order valence-corrected chi connectivity index (χ3v) is 14.8. The predicted octanol–water partition coefficient (Wildman–Crippen LogP) is 7.21. The van der Waals surface area contributed by atoms with Crippen LogP contribution >= 0.6 is 119 Å². The molecular weight excluding hydrogens is 879 g/mol. The van der Waals surface area contributed by atoms with Crippen molar-refractivity contribution in [2.45, 2.75) is 12.7 Å². The zero-order valence-corrected chi connectivity index (χ0v) is 26.3. The molecule has 0 spiro atoms. The molecule has 0 aliphatic rings. The van der Waals surface area contributed by atoms with Crippen LogP contribution in [0.5, 0.6) is 11.5 Å². The molecule has 16 heteroatoms. The number of phenolic OH excluding ortho intramolecular Hbond substituents is 2. The van der Waals surface area contributed by atoms with Crippen LogP contribution in [0.15, 0.2) is 34.1 Å². The molecule has 0 saturated heterocycles. The van der Waals surface area contributed by atoms with E-state index in [0.29, 0.717) is 0 Å². The van der Waals surface area contributed by atoms with Crippen molar-refractivity contribution < 1.29 is 27.0 Å². The van der Waals surface area contributed by atoms with Crippen molar-refractivity contribution in [3.8, 4) is 22.6 Å². The number of halogens is 8. The number of alkyl halides is 6. The van der Waals surface area contributed by atoms with Crippen molar-refractivity contribution in [1.82, 2.24) is 0 Å². The Morgan fingerprint density at radius 1 is 0.633 bits per heavy atom. The quantitative estimate of drug-likeness (QED) is 0.316. The van der Waals surface area contributed by atoms with E-state index in [9.17, 15) is 27.0 Å². The summed E-state index contributed by atoms with van der Waals surface area (Å²) in [6, 6.07) is 4.02. The number of rotatable bonds is 3. The van der Waals surface area contributed by atoms with Crippen LogP contribution < -0.4 is 0 Å².